The van der Waals surface area contributed by atoms with E-state index < -0.39 is 0 Å². The number of phenolic OH excluding ortho intramolecular Hbond substituents is 1. The molecule has 1 saturated heterocycles. The van der Waals surface area contributed by atoms with Gasteiger partial charge < -0.3 is 15.2 Å². The molecule has 4 rings (SSSR count). The van der Waals surface area contributed by atoms with E-state index in [1.54, 1.807) is 17.4 Å². The highest BCUT2D eigenvalue weighted by molar-refractivity contribution is 7.10. The van der Waals surface area contributed by atoms with Crippen LogP contribution in [0.2, 0.25) is 0 Å². The van der Waals surface area contributed by atoms with Gasteiger partial charge in [0.1, 0.15) is 17.6 Å². The van der Waals surface area contributed by atoms with Crippen LogP contribution >= 0.6 is 11.3 Å². The van der Waals surface area contributed by atoms with Crippen molar-refractivity contribution in [2.24, 2.45) is 0 Å². The summed E-state index contributed by atoms with van der Waals surface area (Å²) in [6, 6.07) is 18.4. The lowest BCUT2D eigenvalue weighted by molar-refractivity contribution is 0.0505. The fourth-order valence-corrected chi connectivity index (χ4v) is 6.12. The molecule has 0 bridgehead atoms. The smallest absolute Gasteiger partial charge is 0.135 e. The van der Waals surface area contributed by atoms with Crippen molar-refractivity contribution in [1.29, 1.82) is 0 Å². The molecule has 3 aromatic rings. The average Bonchev–Trinajstić information content (AvgIpc) is 3.32. The van der Waals surface area contributed by atoms with Crippen LogP contribution in [0.1, 0.15) is 48.3 Å². The first-order valence-electron chi connectivity index (χ1n) is 12.1. The van der Waals surface area contributed by atoms with Crippen molar-refractivity contribution in [3.63, 3.8) is 0 Å². The minimum atomic E-state index is -0.0414. The molecule has 2 heterocycles. The van der Waals surface area contributed by atoms with Crippen LogP contribution in [0, 0.1) is 0 Å². The maximum absolute atomic E-state index is 10.0. The van der Waals surface area contributed by atoms with Crippen LogP contribution < -0.4 is 10.1 Å². The zero-order chi connectivity index (χ0) is 24.1. The van der Waals surface area contributed by atoms with Crippen molar-refractivity contribution in [3.8, 4) is 11.5 Å². The highest BCUT2D eigenvalue weighted by Gasteiger charge is 2.38. The first kappa shape index (κ1) is 24.6. The Morgan fingerprint density at radius 3 is 2.56 bits per heavy atom. The summed E-state index contributed by atoms with van der Waals surface area (Å²) in [4.78, 5) is 6.10. The third-order valence-electron chi connectivity index (χ3n) is 7.13. The molecule has 6 heteroatoms. The molecule has 2 N–H and O–H groups in total. The number of aromatic hydroxyl groups is 1. The van der Waals surface area contributed by atoms with Gasteiger partial charge in [-0.2, -0.15) is 0 Å². The molecule has 0 amide bonds. The van der Waals surface area contributed by atoms with E-state index in [4.69, 9.17) is 4.74 Å². The number of benzene rings is 2. The van der Waals surface area contributed by atoms with Gasteiger partial charge in [-0.3, -0.25) is 9.80 Å². The number of phenols is 1. The van der Waals surface area contributed by atoms with E-state index in [1.807, 2.05) is 19.2 Å². The van der Waals surface area contributed by atoms with Crippen LogP contribution in [0.5, 0.6) is 11.5 Å². The lowest BCUT2D eigenvalue weighted by Crippen LogP contribution is -2.50. The molecule has 1 atom stereocenters. The third-order valence-corrected chi connectivity index (χ3v) is 8.14. The summed E-state index contributed by atoms with van der Waals surface area (Å²) in [5.41, 5.74) is 3.59. The van der Waals surface area contributed by atoms with Crippen molar-refractivity contribution in [3.05, 3.63) is 76.0 Å². The molecule has 0 aliphatic carbocycles. The van der Waals surface area contributed by atoms with Gasteiger partial charge in [0.15, 0.2) is 0 Å². The van der Waals surface area contributed by atoms with Crippen molar-refractivity contribution in [2.45, 2.75) is 44.4 Å². The first-order chi connectivity index (χ1) is 16.4. The Bertz CT molecular complexity index is 1070. The minimum Gasteiger partial charge on any atom is -0.508 e. The van der Waals surface area contributed by atoms with Crippen LogP contribution in [0.25, 0.3) is 0 Å². The molecule has 1 aliphatic rings. The maximum atomic E-state index is 10.0. The second-order valence-corrected chi connectivity index (χ2v) is 10.3. The van der Waals surface area contributed by atoms with Gasteiger partial charge in [0.05, 0.1) is 10.6 Å². The molecule has 0 spiro atoms. The number of likely N-dealkylation sites (tertiary alicyclic amines) is 1. The Morgan fingerprint density at radius 1 is 1.12 bits per heavy atom. The summed E-state index contributed by atoms with van der Waals surface area (Å²) in [6.45, 7) is 5.11. The molecule has 182 valence electrons. The van der Waals surface area contributed by atoms with Crippen LogP contribution in [-0.2, 0) is 12.1 Å². The van der Waals surface area contributed by atoms with E-state index in [0.29, 0.717) is 5.75 Å². The molecule has 34 heavy (non-hydrogen) atoms. The molecule has 5 nitrogen and oxygen atoms in total. The predicted octanol–water partition coefficient (Wildman–Crippen LogP) is 6.08. The van der Waals surface area contributed by atoms with Crippen LogP contribution in [0.4, 0.5) is 5.69 Å². The lowest BCUT2D eigenvalue weighted by atomic mass is 9.79. The van der Waals surface area contributed by atoms with E-state index >= 15 is 0 Å². The first-order valence-corrected chi connectivity index (χ1v) is 13.0. The number of hydrogen-bond acceptors (Lipinski definition) is 6. The normalized spacial score (nSPS) is 17.0. The molecule has 1 aliphatic heterocycles. The number of thiophene rings is 1. The molecule has 0 radical (unpaired) electrons. The molecular weight excluding hydrogens is 442 g/mol. The summed E-state index contributed by atoms with van der Waals surface area (Å²) in [5.74, 6) is 1.27. The van der Waals surface area contributed by atoms with E-state index in [1.165, 1.54) is 16.0 Å². The number of piperidine rings is 1. The van der Waals surface area contributed by atoms with Gasteiger partial charge in [-0.25, -0.2) is 0 Å². The van der Waals surface area contributed by atoms with Crippen LogP contribution in [0.15, 0.2) is 60.0 Å². The number of nitrogens with one attached hydrogen (secondary N) is 1. The standard InChI is InChI=1S/C28H37N3O2S/c1-5-26(27-25(29-2)12-17-34-27)33-24-11-6-8-21(18-24)20-31-15-13-28(14-16-31,30(3)4)22-9-7-10-23(32)19-22/h6-12,17-19,26,29,32H,5,13-16,20H2,1-4H3/t26-/m0/s1. The Balaban J connectivity index is 1.42. The molecule has 0 unspecified atom stereocenters. The number of ether oxygens (including phenoxy) is 1. The largest absolute Gasteiger partial charge is 0.508 e. The lowest BCUT2D eigenvalue weighted by Gasteiger charge is -2.46. The molecule has 0 saturated carbocycles. The molecular formula is C28H37N3O2S. The summed E-state index contributed by atoms with van der Waals surface area (Å²) in [5, 5.41) is 15.4. The van der Waals surface area contributed by atoms with Crippen molar-refractivity contribution < 1.29 is 9.84 Å². The van der Waals surface area contributed by atoms with Gasteiger partial charge in [0.25, 0.3) is 0 Å². The van der Waals surface area contributed by atoms with Gasteiger partial charge in [-0.1, -0.05) is 31.2 Å². The highest BCUT2D eigenvalue weighted by Crippen LogP contribution is 2.39. The summed E-state index contributed by atoms with van der Waals surface area (Å²) in [6.07, 6.45) is 3.04. The quantitative estimate of drug-likeness (QED) is 0.390. The van der Waals surface area contributed by atoms with Gasteiger partial charge in [-0.05, 0) is 80.2 Å². The van der Waals surface area contributed by atoms with Gasteiger partial charge in [-0.15, -0.1) is 11.3 Å². The average molecular weight is 480 g/mol. The summed E-state index contributed by atoms with van der Waals surface area (Å²) < 4.78 is 6.44. The Labute approximate surface area is 208 Å². The highest BCUT2D eigenvalue weighted by atomic mass is 32.1. The maximum Gasteiger partial charge on any atom is 0.135 e. The SMILES string of the molecule is CC[C@H](Oc1cccc(CN2CCC(c3cccc(O)c3)(N(C)C)CC2)c1)c1sccc1NC. The van der Waals surface area contributed by atoms with E-state index in [2.05, 4.69) is 77.9 Å². The van der Waals surface area contributed by atoms with Gasteiger partial charge >= 0.3 is 0 Å². The number of anilines is 1. The molecule has 2 aromatic carbocycles. The van der Waals surface area contributed by atoms with E-state index in [-0.39, 0.29) is 11.6 Å². The van der Waals surface area contributed by atoms with E-state index in [9.17, 15) is 5.11 Å². The number of nitrogens with zero attached hydrogens (tertiary/aromatic N) is 2. The third kappa shape index (κ3) is 5.24. The van der Waals surface area contributed by atoms with Crippen LogP contribution in [-0.4, -0.2) is 49.1 Å². The van der Waals surface area contributed by atoms with Gasteiger partial charge in [0.2, 0.25) is 0 Å². The Morgan fingerprint density at radius 2 is 1.88 bits per heavy atom. The van der Waals surface area contributed by atoms with Crippen molar-refractivity contribution in [2.75, 3.05) is 39.5 Å². The predicted molar refractivity (Wildman–Crippen MR) is 142 cm³/mol. The monoisotopic (exact) mass is 479 g/mol. The number of rotatable bonds is 9. The minimum absolute atomic E-state index is 0.0414. The van der Waals surface area contributed by atoms with Gasteiger partial charge in [0, 0.05) is 32.2 Å². The topological polar surface area (TPSA) is 48.0 Å². The fourth-order valence-electron chi connectivity index (χ4n) is 5.11. The van der Waals surface area contributed by atoms with Crippen molar-refractivity contribution in [1.82, 2.24) is 9.80 Å². The second kappa shape index (κ2) is 10.8. The zero-order valence-corrected chi connectivity index (χ0v) is 21.6. The zero-order valence-electron chi connectivity index (χ0n) is 20.8. The molecule has 1 aromatic heterocycles. The fraction of sp³-hybridized carbons (Fsp3) is 0.429. The second-order valence-electron chi connectivity index (χ2n) is 9.36. The summed E-state index contributed by atoms with van der Waals surface area (Å²) in [7, 11) is 6.26. The van der Waals surface area contributed by atoms with Crippen molar-refractivity contribution >= 4 is 17.0 Å². The summed E-state index contributed by atoms with van der Waals surface area (Å²) >= 11 is 1.74. The Hall–Kier alpha value is -2.54. The van der Waals surface area contributed by atoms with Crippen LogP contribution in [0.3, 0.4) is 0 Å². The van der Waals surface area contributed by atoms with E-state index in [0.717, 1.165) is 50.3 Å². The Kier molecular flexibility index (Phi) is 7.81. The molecule has 1 fully saturated rings. The number of hydrogen-bond donors (Lipinski definition) is 2.